The first-order valence-electron chi connectivity index (χ1n) is 7.24. The summed E-state index contributed by atoms with van der Waals surface area (Å²) in [6.45, 7) is 4.30. The fourth-order valence-corrected chi connectivity index (χ4v) is 2.79. The van der Waals surface area contributed by atoms with E-state index in [0.29, 0.717) is 17.9 Å². The zero-order valence-electron chi connectivity index (χ0n) is 11.8. The smallest absolute Gasteiger partial charge is 0.226 e. The van der Waals surface area contributed by atoms with Crippen LogP contribution in [-0.4, -0.2) is 23.2 Å². The number of nitrogens with one attached hydrogen (secondary N) is 1. The molecule has 1 N–H and O–H groups in total. The second-order valence-electron chi connectivity index (χ2n) is 5.50. The summed E-state index contributed by atoms with van der Waals surface area (Å²) in [5.74, 6) is 2.73. The predicted octanol–water partition coefficient (Wildman–Crippen LogP) is 2.90. The number of aromatic nitrogens is 2. The van der Waals surface area contributed by atoms with Crippen LogP contribution in [0, 0.1) is 5.92 Å². The molecule has 4 nitrogen and oxygen atoms in total. The van der Waals surface area contributed by atoms with Gasteiger partial charge in [0.2, 0.25) is 5.89 Å². The molecule has 1 fully saturated rings. The van der Waals surface area contributed by atoms with Gasteiger partial charge in [-0.15, -0.1) is 0 Å². The van der Waals surface area contributed by atoms with Crippen LogP contribution >= 0.6 is 0 Å². The summed E-state index contributed by atoms with van der Waals surface area (Å²) in [4.78, 5) is 4.54. The maximum Gasteiger partial charge on any atom is 0.226 e. The van der Waals surface area contributed by atoms with Crippen LogP contribution in [0.3, 0.4) is 0 Å². The summed E-state index contributed by atoms with van der Waals surface area (Å²) in [5, 5.41) is 7.52. The lowest BCUT2D eigenvalue weighted by Gasteiger charge is -2.30. The highest BCUT2D eigenvalue weighted by atomic mass is 16.5. The Balaban J connectivity index is 1.97. The Bertz CT molecular complexity index is 364. The lowest BCUT2D eigenvalue weighted by Crippen LogP contribution is -2.37. The van der Waals surface area contributed by atoms with Gasteiger partial charge in [0, 0.05) is 18.4 Å². The minimum Gasteiger partial charge on any atom is -0.339 e. The lowest BCUT2D eigenvalue weighted by atomic mass is 9.82. The Morgan fingerprint density at radius 1 is 1.39 bits per heavy atom. The predicted molar refractivity (Wildman–Crippen MR) is 71.5 cm³/mol. The molecule has 1 aromatic rings. The van der Waals surface area contributed by atoms with E-state index in [0.717, 1.165) is 24.6 Å². The molecular weight excluding hydrogens is 226 g/mol. The van der Waals surface area contributed by atoms with Crippen LogP contribution in [-0.2, 0) is 6.42 Å². The van der Waals surface area contributed by atoms with Gasteiger partial charge in [-0.3, -0.25) is 0 Å². The maximum absolute atomic E-state index is 5.39. The van der Waals surface area contributed by atoms with Crippen molar-refractivity contribution < 1.29 is 4.52 Å². The molecule has 0 bridgehead atoms. The summed E-state index contributed by atoms with van der Waals surface area (Å²) < 4.78 is 5.39. The first-order chi connectivity index (χ1) is 8.74. The Labute approximate surface area is 110 Å². The molecule has 4 heteroatoms. The van der Waals surface area contributed by atoms with E-state index in [1.54, 1.807) is 0 Å². The molecule has 0 saturated heterocycles. The summed E-state index contributed by atoms with van der Waals surface area (Å²) >= 11 is 0. The van der Waals surface area contributed by atoms with Crippen LogP contribution in [0.5, 0.6) is 0 Å². The number of nitrogens with zero attached hydrogens (tertiary/aromatic N) is 2. The van der Waals surface area contributed by atoms with E-state index in [1.165, 1.54) is 25.7 Å². The molecule has 1 aromatic heterocycles. The third kappa shape index (κ3) is 3.10. The van der Waals surface area contributed by atoms with Gasteiger partial charge in [-0.2, -0.15) is 4.98 Å². The second-order valence-corrected chi connectivity index (χ2v) is 5.50. The average molecular weight is 251 g/mol. The van der Waals surface area contributed by atoms with E-state index in [9.17, 15) is 0 Å². The topological polar surface area (TPSA) is 51.0 Å². The van der Waals surface area contributed by atoms with E-state index in [4.69, 9.17) is 4.52 Å². The third-order valence-electron chi connectivity index (χ3n) is 4.25. The fraction of sp³-hybridized carbons (Fsp3) is 0.857. The van der Waals surface area contributed by atoms with Crippen LogP contribution in [0.1, 0.15) is 63.6 Å². The van der Waals surface area contributed by atoms with Crippen molar-refractivity contribution in [3.05, 3.63) is 11.7 Å². The van der Waals surface area contributed by atoms with Gasteiger partial charge >= 0.3 is 0 Å². The quantitative estimate of drug-likeness (QED) is 0.874. The molecule has 1 saturated carbocycles. The molecule has 3 unspecified atom stereocenters. The fourth-order valence-electron chi connectivity index (χ4n) is 2.79. The van der Waals surface area contributed by atoms with Crippen molar-refractivity contribution >= 4 is 0 Å². The van der Waals surface area contributed by atoms with Crippen molar-refractivity contribution in [1.29, 1.82) is 0 Å². The average Bonchev–Trinajstić information content (AvgIpc) is 2.87. The third-order valence-corrected chi connectivity index (χ3v) is 4.25. The molecule has 1 heterocycles. The molecule has 2 rings (SSSR count). The summed E-state index contributed by atoms with van der Waals surface area (Å²) in [6.07, 6.45) is 7.19. The molecule has 1 aliphatic rings. The molecule has 102 valence electrons. The van der Waals surface area contributed by atoms with E-state index < -0.39 is 0 Å². The first-order valence-corrected chi connectivity index (χ1v) is 7.24. The van der Waals surface area contributed by atoms with Gasteiger partial charge in [-0.05, 0) is 32.2 Å². The maximum atomic E-state index is 5.39. The molecule has 0 amide bonds. The highest BCUT2D eigenvalue weighted by molar-refractivity contribution is 4.95. The number of rotatable bonds is 5. The van der Waals surface area contributed by atoms with Crippen molar-refractivity contribution in [2.24, 2.45) is 5.92 Å². The lowest BCUT2D eigenvalue weighted by molar-refractivity contribution is 0.248. The standard InChI is InChI=1S/C14H25N3O/c1-4-10(2)14-16-13(18-17-14)9-11-7-5-6-8-12(11)15-3/h10-12,15H,4-9H2,1-3H3. The Hall–Kier alpha value is -0.900. The van der Waals surface area contributed by atoms with Gasteiger partial charge in [-0.1, -0.05) is 31.8 Å². The number of hydrogen-bond acceptors (Lipinski definition) is 4. The molecule has 0 radical (unpaired) electrons. The van der Waals surface area contributed by atoms with Gasteiger partial charge in [0.05, 0.1) is 0 Å². The molecule has 3 atom stereocenters. The van der Waals surface area contributed by atoms with Crippen LogP contribution in [0.2, 0.25) is 0 Å². The molecule has 18 heavy (non-hydrogen) atoms. The van der Waals surface area contributed by atoms with Crippen molar-refractivity contribution in [3.8, 4) is 0 Å². The summed E-state index contributed by atoms with van der Waals surface area (Å²) in [7, 11) is 2.06. The van der Waals surface area contributed by atoms with Gasteiger partial charge in [0.15, 0.2) is 5.82 Å². The van der Waals surface area contributed by atoms with E-state index >= 15 is 0 Å². The zero-order valence-corrected chi connectivity index (χ0v) is 11.8. The van der Waals surface area contributed by atoms with E-state index in [1.807, 2.05) is 0 Å². The SMILES string of the molecule is CCC(C)c1noc(CC2CCCCC2NC)n1. The number of hydrogen-bond donors (Lipinski definition) is 1. The van der Waals surface area contributed by atoms with Gasteiger partial charge < -0.3 is 9.84 Å². The Morgan fingerprint density at radius 2 is 2.17 bits per heavy atom. The largest absolute Gasteiger partial charge is 0.339 e. The molecule has 0 aromatic carbocycles. The van der Waals surface area contributed by atoms with Crippen molar-refractivity contribution in [2.45, 2.75) is 64.3 Å². The molecule has 0 aliphatic heterocycles. The van der Waals surface area contributed by atoms with E-state index in [-0.39, 0.29) is 0 Å². The summed E-state index contributed by atoms with van der Waals surface area (Å²) in [5.41, 5.74) is 0. The van der Waals surface area contributed by atoms with E-state index in [2.05, 4.69) is 36.4 Å². The summed E-state index contributed by atoms with van der Waals surface area (Å²) in [6, 6.07) is 0.609. The van der Waals surface area contributed by atoms with Gasteiger partial charge in [0.25, 0.3) is 0 Å². The van der Waals surface area contributed by atoms with Crippen LogP contribution in [0.4, 0.5) is 0 Å². The highest BCUT2D eigenvalue weighted by Crippen LogP contribution is 2.27. The molecular formula is C14H25N3O. The zero-order chi connectivity index (χ0) is 13.0. The minimum atomic E-state index is 0.397. The van der Waals surface area contributed by atoms with Gasteiger partial charge in [0.1, 0.15) is 0 Å². The van der Waals surface area contributed by atoms with Crippen LogP contribution < -0.4 is 5.32 Å². The molecule has 0 spiro atoms. The first kappa shape index (κ1) is 13.5. The molecule has 1 aliphatic carbocycles. The van der Waals surface area contributed by atoms with Crippen molar-refractivity contribution in [2.75, 3.05) is 7.05 Å². The normalized spacial score (nSPS) is 26.2. The second kappa shape index (κ2) is 6.32. The van der Waals surface area contributed by atoms with Crippen LogP contribution in [0.15, 0.2) is 4.52 Å². The van der Waals surface area contributed by atoms with Crippen molar-refractivity contribution in [1.82, 2.24) is 15.5 Å². The van der Waals surface area contributed by atoms with Crippen molar-refractivity contribution in [3.63, 3.8) is 0 Å². The monoisotopic (exact) mass is 251 g/mol. The highest BCUT2D eigenvalue weighted by Gasteiger charge is 2.26. The van der Waals surface area contributed by atoms with Gasteiger partial charge in [-0.25, -0.2) is 0 Å². The Morgan fingerprint density at radius 3 is 2.89 bits per heavy atom. The Kier molecular flexibility index (Phi) is 4.75. The minimum absolute atomic E-state index is 0.397. The van der Waals surface area contributed by atoms with Crippen LogP contribution in [0.25, 0.3) is 0 Å².